The molecule has 0 radical (unpaired) electrons. The van der Waals surface area contributed by atoms with Gasteiger partial charge in [0.05, 0.1) is 25.4 Å². The van der Waals surface area contributed by atoms with Crippen molar-refractivity contribution in [2.45, 2.75) is 75.0 Å². The largest absolute Gasteiger partial charge is 0.424 e. The van der Waals surface area contributed by atoms with Crippen LogP contribution in [-0.4, -0.2) is 112 Å². The summed E-state index contributed by atoms with van der Waals surface area (Å²) < 4.78 is 21.9. The first-order valence-corrected chi connectivity index (χ1v) is 9.19. The molecule has 152 valence electrons. The van der Waals surface area contributed by atoms with Crippen LogP contribution in [0.2, 0.25) is 6.82 Å². The fraction of sp³-hybridized carbons (Fsp3) is 1.00. The van der Waals surface area contributed by atoms with E-state index in [1.54, 1.807) is 6.82 Å². The van der Waals surface area contributed by atoms with E-state index in [0.717, 1.165) is 0 Å². The monoisotopic (exact) mass is 398 g/mol. The normalized spacial score (nSPS) is 47.0. The Kier molecular flexibility index (Phi) is 8.21. The molecule has 2 heterocycles. The van der Waals surface area contributed by atoms with Crippen molar-refractivity contribution >= 4 is 15.8 Å². The van der Waals surface area contributed by atoms with Gasteiger partial charge in [-0.15, -0.1) is 9.12 Å². The van der Waals surface area contributed by atoms with Crippen molar-refractivity contribution < 1.29 is 49.5 Å². The van der Waals surface area contributed by atoms with Gasteiger partial charge in [-0.2, -0.15) is 0 Å². The Morgan fingerprint density at radius 2 is 1.42 bits per heavy atom. The van der Waals surface area contributed by atoms with Crippen LogP contribution in [-0.2, 0) is 18.9 Å². The van der Waals surface area contributed by atoms with Crippen molar-refractivity contribution in [3.63, 3.8) is 0 Å². The summed E-state index contributed by atoms with van der Waals surface area (Å²) >= 11 is 0. The van der Waals surface area contributed by atoms with Crippen molar-refractivity contribution in [1.82, 2.24) is 0 Å². The summed E-state index contributed by atoms with van der Waals surface area (Å²) in [5.74, 6) is 0. The van der Waals surface area contributed by atoms with Gasteiger partial charge in [-0.05, 0) is 6.92 Å². The first kappa shape index (κ1) is 22.4. The van der Waals surface area contributed by atoms with Gasteiger partial charge in [0.2, 0.25) is 0 Å². The minimum Gasteiger partial charge on any atom is -0.424 e. The van der Waals surface area contributed by atoms with Crippen LogP contribution >= 0.6 is 9.12 Å². The standard InChI is InChI=1S/C14H28BO10P/c1-5-8(18)9(19)12(6(3-16)22-5)24-14-11(21)10(20)13(25-15(2)26)7(4-17)23-14/h5-14,16-21H,3-4,26H2,1-2H3/t5-,6?,7?,8?,9+,10+,11?,12-,13-,14-/m0/s1. The second-order valence-corrected chi connectivity index (χ2v) is 7.60. The van der Waals surface area contributed by atoms with E-state index in [2.05, 4.69) is 9.12 Å². The Bertz CT molecular complexity index is 442. The Hall–Kier alpha value is 0.0949. The smallest absolute Gasteiger partial charge is 0.312 e. The van der Waals surface area contributed by atoms with Gasteiger partial charge in [0.1, 0.15) is 42.7 Å². The van der Waals surface area contributed by atoms with Crippen LogP contribution in [0.3, 0.4) is 0 Å². The van der Waals surface area contributed by atoms with Crippen LogP contribution in [0.4, 0.5) is 0 Å². The van der Waals surface area contributed by atoms with E-state index >= 15 is 0 Å². The molecule has 0 aromatic heterocycles. The van der Waals surface area contributed by atoms with E-state index in [9.17, 15) is 30.6 Å². The number of hydrogen-bond acceptors (Lipinski definition) is 10. The lowest BCUT2D eigenvalue weighted by atomic mass is 9.94. The molecule has 2 aliphatic rings. The Balaban J connectivity index is 2.12. The van der Waals surface area contributed by atoms with E-state index in [4.69, 9.17) is 18.9 Å². The minimum atomic E-state index is -1.55. The summed E-state index contributed by atoms with van der Waals surface area (Å²) in [5.41, 5.74) is 0. The van der Waals surface area contributed by atoms with Gasteiger partial charge < -0.3 is 49.5 Å². The molecule has 0 saturated carbocycles. The third kappa shape index (κ3) is 4.74. The first-order chi connectivity index (χ1) is 12.2. The maximum Gasteiger partial charge on any atom is 0.312 e. The van der Waals surface area contributed by atoms with Gasteiger partial charge in [-0.3, -0.25) is 0 Å². The third-order valence-electron chi connectivity index (χ3n) is 4.59. The minimum absolute atomic E-state index is 0.360. The quantitative estimate of drug-likeness (QED) is 0.198. The highest BCUT2D eigenvalue weighted by Crippen LogP contribution is 2.30. The molecular formula is C14H28BO10P. The average Bonchev–Trinajstić information content (AvgIpc) is 2.60. The molecule has 12 heteroatoms. The molecule has 2 saturated heterocycles. The zero-order valence-corrected chi connectivity index (χ0v) is 15.8. The number of rotatable bonds is 6. The van der Waals surface area contributed by atoms with Gasteiger partial charge in [0, 0.05) is 0 Å². The first-order valence-electron chi connectivity index (χ1n) is 8.52. The molecule has 11 atom stereocenters. The summed E-state index contributed by atoms with van der Waals surface area (Å²) in [6.07, 6.45) is -12.0. The number of aliphatic hydroxyl groups is 6. The predicted octanol–water partition coefficient (Wildman–Crippen LogP) is -3.31. The fourth-order valence-corrected chi connectivity index (χ4v) is 3.36. The van der Waals surface area contributed by atoms with Gasteiger partial charge in [0.15, 0.2) is 6.29 Å². The topological polar surface area (TPSA) is 158 Å². The van der Waals surface area contributed by atoms with Crippen LogP contribution < -0.4 is 0 Å². The summed E-state index contributed by atoms with van der Waals surface area (Å²) in [7, 11) is 2.37. The fourth-order valence-electron chi connectivity index (χ4n) is 3.18. The van der Waals surface area contributed by atoms with E-state index in [1.807, 2.05) is 0 Å². The summed E-state index contributed by atoms with van der Waals surface area (Å²) in [4.78, 5) is 0. The number of aliphatic hydroxyl groups excluding tert-OH is 6. The molecule has 2 fully saturated rings. The zero-order valence-electron chi connectivity index (χ0n) is 14.7. The Labute approximate surface area is 154 Å². The molecule has 26 heavy (non-hydrogen) atoms. The van der Waals surface area contributed by atoms with E-state index in [-0.39, 0.29) is 6.64 Å². The van der Waals surface area contributed by atoms with Crippen molar-refractivity contribution in [2.75, 3.05) is 13.2 Å². The van der Waals surface area contributed by atoms with E-state index in [1.165, 1.54) is 6.92 Å². The maximum atomic E-state index is 10.3. The molecule has 0 amide bonds. The van der Waals surface area contributed by atoms with Crippen LogP contribution in [0, 0.1) is 0 Å². The molecule has 10 nitrogen and oxygen atoms in total. The van der Waals surface area contributed by atoms with Gasteiger partial charge >= 0.3 is 6.64 Å². The molecule has 0 aliphatic carbocycles. The second-order valence-electron chi connectivity index (χ2n) is 6.66. The molecular weight excluding hydrogens is 370 g/mol. The second kappa shape index (κ2) is 9.53. The van der Waals surface area contributed by atoms with Gasteiger partial charge in [-0.1, -0.05) is 6.82 Å². The van der Waals surface area contributed by atoms with E-state index < -0.39 is 74.4 Å². The van der Waals surface area contributed by atoms with Crippen LogP contribution in [0.1, 0.15) is 6.92 Å². The van der Waals surface area contributed by atoms with Crippen LogP contribution in [0.5, 0.6) is 0 Å². The molecule has 5 unspecified atom stereocenters. The predicted molar refractivity (Wildman–Crippen MR) is 92.3 cm³/mol. The zero-order chi connectivity index (χ0) is 19.6. The number of hydrogen-bond donors (Lipinski definition) is 6. The summed E-state index contributed by atoms with van der Waals surface area (Å²) in [6, 6.07) is 0. The highest BCUT2D eigenvalue weighted by Gasteiger charge is 2.50. The highest BCUT2D eigenvalue weighted by molar-refractivity contribution is 7.60. The molecule has 0 aromatic carbocycles. The van der Waals surface area contributed by atoms with Crippen molar-refractivity contribution in [3.05, 3.63) is 0 Å². The average molecular weight is 398 g/mol. The lowest BCUT2D eigenvalue weighted by Crippen LogP contribution is -2.64. The molecule has 2 aliphatic heterocycles. The van der Waals surface area contributed by atoms with Gasteiger partial charge in [0.25, 0.3) is 0 Å². The van der Waals surface area contributed by atoms with Crippen LogP contribution in [0.25, 0.3) is 0 Å². The number of ether oxygens (including phenoxy) is 3. The van der Waals surface area contributed by atoms with Crippen LogP contribution in [0.15, 0.2) is 0 Å². The molecule has 2 rings (SSSR count). The Morgan fingerprint density at radius 3 is 1.96 bits per heavy atom. The van der Waals surface area contributed by atoms with Crippen molar-refractivity contribution in [3.8, 4) is 0 Å². The van der Waals surface area contributed by atoms with E-state index in [0.29, 0.717) is 0 Å². The van der Waals surface area contributed by atoms with Gasteiger partial charge in [-0.25, -0.2) is 0 Å². The highest BCUT2D eigenvalue weighted by atomic mass is 31.0. The molecule has 6 N–H and O–H groups in total. The van der Waals surface area contributed by atoms with Crippen molar-refractivity contribution in [2.24, 2.45) is 0 Å². The molecule has 0 spiro atoms. The molecule has 0 bridgehead atoms. The SMILES string of the molecule is CB(P)O[C@H]1C(CO)O[C@@H](O[C@H]2C(CO)O[C@@H](C)C(O)[C@H]2O)C(O)[C@H]1O. The summed E-state index contributed by atoms with van der Waals surface area (Å²) in [5, 5.41) is 59.8. The summed E-state index contributed by atoms with van der Waals surface area (Å²) in [6.45, 7) is 1.88. The van der Waals surface area contributed by atoms with Crippen molar-refractivity contribution in [1.29, 1.82) is 0 Å². The Morgan fingerprint density at radius 1 is 0.885 bits per heavy atom. The third-order valence-corrected chi connectivity index (χ3v) is 4.74. The lowest BCUT2D eigenvalue weighted by Gasteiger charge is -2.46. The molecule has 0 aromatic rings. The lowest BCUT2D eigenvalue weighted by molar-refractivity contribution is -0.339. The maximum absolute atomic E-state index is 10.3.